The van der Waals surface area contributed by atoms with E-state index in [4.69, 9.17) is 0 Å². The Bertz CT molecular complexity index is 963. The van der Waals surface area contributed by atoms with Gasteiger partial charge in [0.25, 0.3) is 5.91 Å². The van der Waals surface area contributed by atoms with Crippen LogP contribution in [0.25, 0.3) is 0 Å². The number of carbonyl (C=O) groups is 1. The lowest BCUT2D eigenvalue weighted by atomic mass is 9.49. The molecule has 1 N–H and O–H groups in total. The average molecular weight is 407 g/mol. The Hall–Kier alpha value is -2.54. The van der Waals surface area contributed by atoms with Gasteiger partial charge in [0.1, 0.15) is 11.5 Å². The standard InChI is InChI=1S/C23H30N6O/c1-23(2)17-7-6-16(18(23)13-17)15-28-10-8-20-26-27-21(29(20)12-11-28)14-25-22(30)19-5-3-4-9-24-19/h3-6,9,17-18H,7-8,10-15H2,1-2H3,(H,25,30)/t17-,18-/m0/s1. The molecule has 7 heteroatoms. The van der Waals surface area contributed by atoms with Gasteiger partial charge in [0.05, 0.1) is 6.54 Å². The highest BCUT2D eigenvalue weighted by Crippen LogP contribution is 2.59. The van der Waals surface area contributed by atoms with Crippen molar-refractivity contribution < 1.29 is 4.79 Å². The van der Waals surface area contributed by atoms with Crippen LogP contribution in [-0.4, -0.2) is 50.2 Å². The maximum atomic E-state index is 12.3. The highest BCUT2D eigenvalue weighted by molar-refractivity contribution is 5.92. The lowest BCUT2D eigenvalue weighted by Gasteiger charge is -2.57. The molecular formula is C23H30N6O. The predicted octanol–water partition coefficient (Wildman–Crippen LogP) is 2.45. The molecule has 1 fully saturated rings. The number of carbonyl (C=O) groups excluding carboxylic acids is 1. The maximum Gasteiger partial charge on any atom is 0.270 e. The molecular weight excluding hydrogens is 376 g/mol. The molecule has 0 aromatic carbocycles. The van der Waals surface area contributed by atoms with E-state index in [9.17, 15) is 4.79 Å². The smallest absolute Gasteiger partial charge is 0.270 e. The number of hydrogen-bond acceptors (Lipinski definition) is 5. The average Bonchev–Trinajstić information content (AvgIpc) is 3.05. The van der Waals surface area contributed by atoms with Crippen molar-refractivity contribution in [3.05, 3.63) is 53.4 Å². The Balaban J connectivity index is 1.20. The molecule has 1 amide bonds. The van der Waals surface area contributed by atoms with Crippen LogP contribution >= 0.6 is 0 Å². The lowest BCUT2D eigenvalue weighted by Crippen LogP contribution is -2.50. The van der Waals surface area contributed by atoms with Crippen LogP contribution < -0.4 is 5.32 Å². The van der Waals surface area contributed by atoms with Gasteiger partial charge in [-0.3, -0.25) is 14.7 Å². The molecule has 2 bridgehead atoms. The third-order valence-electron chi connectivity index (χ3n) is 7.49. The van der Waals surface area contributed by atoms with Gasteiger partial charge in [0, 0.05) is 38.8 Å². The van der Waals surface area contributed by atoms with Crippen molar-refractivity contribution in [2.45, 2.75) is 46.2 Å². The van der Waals surface area contributed by atoms with Crippen LogP contribution in [0, 0.1) is 17.3 Å². The van der Waals surface area contributed by atoms with E-state index in [1.807, 2.05) is 6.07 Å². The van der Waals surface area contributed by atoms with E-state index in [0.29, 0.717) is 17.7 Å². The van der Waals surface area contributed by atoms with Gasteiger partial charge in [0.15, 0.2) is 5.82 Å². The summed E-state index contributed by atoms with van der Waals surface area (Å²) < 4.78 is 2.18. The number of rotatable bonds is 5. The second-order valence-corrected chi connectivity index (χ2v) is 9.43. The van der Waals surface area contributed by atoms with Crippen LogP contribution in [0.15, 0.2) is 36.0 Å². The van der Waals surface area contributed by atoms with E-state index in [2.05, 4.69) is 49.9 Å². The minimum Gasteiger partial charge on any atom is -0.343 e. The van der Waals surface area contributed by atoms with Gasteiger partial charge < -0.3 is 9.88 Å². The first kappa shape index (κ1) is 19.4. The van der Waals surface area contributed by atoms with Gasteiger partial charge >= 0.3 is 0 Å². The maximum absolute atomic E-state index is 12.3. The molecule has 158 valence electrons. The minimum absolute atomic E-state index is 0.186. The second-order valence-electron chi connectivity index (χ2n) is 9.43. The molecule has 6 rings (SSSR count). The first-order valence-corrected chi connectivity index (χ1v) is 11.0. The van der Waals surface area contributed by atoms with E-state index >= 15 is 0 Å². The quantitative estimate of drug-likeness (QED) is 0.772. The van der Waals surface area contributed by atoms with Crippen molar-refractivity contribution in [2.75, 3.05) is 19.6 Å². The van der Waals surface area contributed by atoms with Crippen molar-refractivity contribution in [3.63, 3.8) is 0 Å². The zero-order valence-corrected chi connectivity index (χ0v) is 17.8. The first-order valence-electron chi connectivity index (χ1n) is 11.0. The monoisotopic (exact) mass is 406 g/mol. The van der Waals surface area contributed by atoms with Crippen LogP contribution in [-0.2, 0) is 19.5 Å². The number of hydrogen-bond donors (Lipinski definition) is 1. The van der Waals surface area contributed by atoms with Crippen LogP contribution in [0.3, 0.4) is 0 Å². The summed E-state index contributed by atoms with van der Waals surface area (Å²) in [6.45, 7) is 9.17. The van der Waals surface area contributed by atoms with Crippen molar-refractivity contribution in [2.24, 2.45) is 17.3 Å². The van der Waals surface area contributed by atoms with Gasteiger partial charge in [-0.05, 0) is 42.2 Å². The molecule has 1 aliphatic heterocycles. The van der Waals surface area contributed by atoms with E-state index in [1.54, 1.807) is 23.9 Å². The number of amides is 1. The summed E-state index contributed by atoms with van der Waals surface area (Å²) in [6, 6.07) is 5.32. The number of pyridine rings is 1. The summed E-state index contributed by atoms with van der Waals surface area (Å²) >= 11 is 0. The number of aromatic nitrogens is 4. The lowest BCUT2D eigenvalue weighted by molar-refractivity contribution is -0.0106. The van der Waals surface area contributed by atoms with E-state index < -0.39 is 0 Å². The molecule has 0 radical (unpaired) electrons. The topological polar surface area (TPSA) is 75.9 Å². The summed E-state index contributed by atoms with van der Waals surface area (Å²) in [7, 11) is 0. The Morgan fingerprint density at radius 2 is 2.13 bits per heavy atom. The van der Waals surface area contributed by atoms with Crippen LogP contribution in [0.5, 0.6) is 0 Å². The van der Waals surface area contributed by atoms with Crippen molar-refractivity contribution in [1.29, 1.82) is 0 Å². The van der Waals surface area contributed by atoms with Crippen LogP contribution in [0.1, 0.15) is 48.8 Å². The molecule has 7 nitrogen and oxygen atoms in total. The fourth-order valence-corrected chi connectivity index (χ4v) is 5.38. The van der Waals surface area contributed by atoms with Gasteiger partial charge in [0.2, 0.25) is 0 Å². The molecule has 2 atom stereocenters. The number of nitrogens with zero attached hydrogens (tertiary/aromatic N) is 5. The molecule has 0 saturated heterocycles. The van der Waals surface area contributed by atoms with Crippen molar-refractivity contribution in [1.82, 2.24) is 30.0 Å². The molecule has 2 aromatic rings. The number of fused-ring (bicyclic) bond motifs is 2. The van der Waals surface area contributed by atoms with E-state index in [0.717, 1.165) is 56.1 Å². The number of nitrogens with one attached hydrogen (secondary N) is 1. The van der Waals surface area contributed by atoms with E-state index in [-0.39, 0.29) is 5.91 Å². The predicted molar refractivity (Wildman–Crippen MR) is 114 cm³/mol. The normalized spacial score (nSPS) is 24.9. The second kappa shape index (κ2) is 7.61. The van der Waals surface area contributed by atoms with Crippen molar-refractivity contribution >= 4 is 5.91 Å². The highest BCUT2D eigenvalue weighted by Gasteiger charge is 2.51. The fourth-order valence-electron chi connectivity index (χ4n) is 5.38. The van der Waals surface area contributed by atoms with Gasteiger partial charge in [-0.25, -0.2) is 0 Å². The summed E-state index contributed by atoms with van der Waals surface area (Å²) in [5, 5.41) is 11.7. The molecule has 3 aliphatic carbocycles. The van der Waals surface area contributed by atoms with Gasteiger partial charge in [-0.2, -0.15) is 0 Å². The van der Waals surface area contributed by atoms with Gasteiger partial charge in [-0.1, -0.05) is 31.6 Å². The van der Waals surface area contributed by atoms with Gasteiger partial charge in [-0.15, -0.1) is 10.2 Å². The molecule has 0 spiro atoms. The van der Waals surface area contributed by atoms with Crippen molar-refractivity contribution in [3.8, 4) is 0 Å². The Morgan fingerprint density at radius 3 is 2.90 bits per heavy atom. The summed E-state index contributed by atoms with van der Waals surface area (Å²) in [4.78, 5) is 19.0. The summed E-state index contributed by atoms with van der Waals surface area (Å²) in [6.07, 6.45) is 7.65. The molecule has 0 unspecified atom stereocenters. The third kappa shape index (κ3) is 3.45. The number of allylic oxidation sites excluding steroid dienone is 1. The Kier molecular flexibility index (Phi) is 4.93. The summed E-state index contributed by atoms with van der Waals surface area (Å²) in [5.74, 6) is 3.29. The van der Waals surface area contributed by atoms with Crippen LogP contribution in [0.4, 0.5) is 0 Å². The summed E-state index contributed by atoms with van der Waals surface area (Å²) in [5.41, 5.74) is 2.54. The van der Waals surface area contributed by atoms with E-state index in [1.165, 1.54) is 12.8 Å². The fraction of sp³-hybridized carbons (Fsp3) is 0.565. The third-order valence-corrected chi connectivity index (χ3v) is 7.49. The minimum atomic E-state index is -0.186. The molecule has 2 aromatic heterocycles. The Morgan fingerprint density at radius 1 is 1.23 bits per heavy atom. The first-order chi connectivity index (χ1) is 14.5. The Labute approximate surface area is 177 Å². The molecule has 30 heavy (non-hydrogen) atoms. The zero-order valence-electron chi connectivity index (χ0n) is 17.8. The molecule has 4 aliphatic rings. The SMILES string of the molecule is CC1(C)[C@H]2CC=C(CN3CCc4nnc(CNC(=O)c5ccccn5)n4CC3)[C@@H]1C2. The highest BCUT2D eigenvalue weighted by atomic mass is 16.1. The zero-order chi connectivity index (χ0) is 20.7. The molecule has 3 heterocycles. The van der Waals surface area contributed by atoms with Crippen LogP contribution in [0.2, 0.25) is 0 Å². The molecule has 1 saturated carbocycles. The largest absolute Gasteiger partial charge is 0.343 e.